The molecule has 1 aromatic carbocycles. The first-order chi connectivity index (χ1) is 10.0. The Bertz CT molecular complexity index is 455. The van der Waals surface area contributed by atoms with E-state index in [9.17, 15) is 4.39 Å². The topological polar surface area (TPSA) is 32.5 Å². The molecule has 1 aliphatic heterocycles. The zero-order chi connectivity index (χ0) is 15.5. The number of nitrogens with two attached hydrogens (primary N) is 1. The van der Waals surface area contributed by atoms with E-state index in [-0.39, 0.29) is 17.4 Å². The normalized spacial score (nSPS) is 20.7. The molecule has 1 aliphatic rings. The predicted octanol–water partition coefficient (Wildman–Crippen LogP) is 2.63. The molecule has 2 N–H and O–H groups in total. The van der Waals surface area contributed by atoms with Crippen LogP contribution in [-0.4, -0.2) is 48.6 Å². The number of benzene rings is 1. The van der Waals surface area contributed by atoms with E-state index in [0.29, 0.717) is 6.54 Å². The second-order valence-electron chi connectivity index (χ2n) is 6.17. The highest BCUT2D eigenvalue weighted by molar-refractivity contribution is 5.21. The lowest BCUT2D eigenvalue weighted by molar-refractivity contribution is 0.0210. The number of nitrogens with zero attached hydrogens (tertiary/aromatic N) is 2. The molecule has 118 valence electrons. The Kier molecular flexibility index (Phi) is 5.36. The zero-order valence-corrected chi connectivity index (χ0v) is 13.5. The van der Waals surface area contributed by atoms with E-state index >= 15 is 0 Å². The number of likely N-dealkylation sites (tertiary alicyclic amines) is 1. The Morgan fingerprint density at radius 3 is 2.48 bits per heavy atom. The van der Waals surface area contributed by atoms with Gasteiger partial charge in [-0.25, -0.2) is 4.39 Å². The number of likely N-dealkylation sites (N-methyl/N-ethyl adjacent to an activating group) is 1. The van der Waals surface area contributed by atoms with Gasteiger partial charge in [0.05, 0.1) is 0 Å². The molecule has 0 bridgehead atoms. The van der Waals surface area contributed by atoms with Crippen LogP contribution in [0.3, 0.4) is 0 Å². The lowest BCUT2D eigenvalue weighted by Gasteiger charge is -2.49. The minimum atomic E-state index is -0.130. The molecule has 1 unspecified atom stereocenters. The molecular weight excluding hydrogens is 265 g/mol. The fourth-order valence-electron chi connectivity index (χ4n) is 3.42. The Morgan fingerprint density at radius 2 is 1.95 bits per heavy atom. The standard InChI is InChI=1S/C17H28FN3/c1-4-21-11-9-17(13-19,10-12-21)20(3)14(2)15-7-5-6-8-16(15)18/h5-8,14H,4,9-13,19H2,1-3H3. The molecule has 0 aliphatic carbocycles. The van der Waals surface area contributed by atoms with Gasteiger partial charge in [0.25, 0.3) is 0 Å². The van der Waals surface area contributed by atoms with Crippen LogP contribution in [0.25, 0.3) is 0 Å². The van der Waals surface area contributed by atoms with Gasteiger partial charge in [0.15, 0.2) is 0 Å². The largest absolute Gasteiger partial charge is 0.329 e. The van der Waals surface area contributed by atoms with Crippen LogP contribution in [0.5, 0.6) is 0 Å². The second kappa shape index (κ2) is 6.86. The summed E-state index contributed by atoms with van der Waals surface area (Å²) in [5.41, 5.74) is 6.86. The minimum Gasteiger partial charge on any atom is -0.329 e. The summed E-state index contributed by atoms with van der Waals surface area (Å²) in [7, 11) is 2.09. The SMILES string of the molecule is CCN1CCC(CN)(N(C)C(C)c2ccccc2F)CC1. The number of halogens is 1. The van der Waals surface area contributed by atoms with E-state index < -0.39 is 0 Å². The van der Waals surface area contributed by atoms with E-state index in [4.69, 9.17) is 5.73 Å². The molecule has 1 saturated heterocycles. The van der Waals surface area contributed by atoms with Gasteiger partial charge in [0.2, 0.25) is 0 Å². The third kappa shape index (κ3) is 3.28. The van der Waals surface area contributed by atoms with Crippen molar-refractivity contribution in [3.8, 4) is 0 Å². The Morgan fingerprint density at radius 1 is 1.33 bits per heavy atom. The lowest BCUT2D eigenvalue weighted by Crippen LogP contribution is -2.58. The van der Waals surface area contributed by atoms with Crippen LogP contribution in [0.1, 0.15) is 38.3 Å². The number of hydrogen-bond acceptors (Lipinski definition) is 3. The van der Waals surface area contributed by atoms with E-state index in [2.05, 4.69) is 30.7 Å². The van der Waals surface area contributed by atoms with Crippen LogP contribution in [0.15, 0.2) is 24.3 Å². The van der Waals surface area contributed by atoms with E-state index in [0.717, 1.165) is 38.0 Å². The number of hydrogen-bond donors (Lipinski definition) is 1. The van der Waals surface area contributed by atoms with Crippen LogP contribution >= 0.6 is 0 Å². The third-order valence-corrected chi connectivity index (χ3v) is 5.30. The van der Waals surface area contributed by atoms with E-state index in [1.807, 2.05) is 12.1 Å². The Hall–Kier alpha value is -0.970. The molecule has 0 aromatic heterocycles. The number of rotatable bonds is 5. The highest BCUT2D eigenvalue weighted by Crippen LogP contribution is 2.34. The predicted molar refractivity (Wildman–Crippen MR) is 85.7 cm³/mol. The molecule has 1 heterocycles. The van der Waals surface area contributed by atoms with Gasteiger partial charge < -0.3 is 10.6 Å². The molecule has 2 rings (SSSR count). The summed E-state index contributed by atoms with van der Waals surface area (Å²) in [6, 6.07) is 7.08. The van der Waals surface area contributed by atoms with Crippen molar-refractivity contribution < 1.29 is 4.39 Å². The Balaban J connectivity index is 2.17. The first kappa shape index (κ1) is 16.4. The van der Waals surface area contributed by atoms with Crippen LogP contribution < -0.4 is 5.73 Å². The van der Waals surface area contributed by atoms with Crippen LogP contribution in [0, 0.1) is 5.82 Å². The maximum atomic E-state index is 14.0. The first-order valence-corrected chi connectivity index (χ1v) is 7.94. The van der Waals surface area contributed by atoms with Crippen molar-refractivity contribution in [1.29, 1.82) is 0 Å². The summed E-state index contributed by atoms with van der Waals surface area (Å²) in [6.07, 6.45) is 2.10. The highest BCUT2D eigenvalue weighted by atomic mass is 19.1. The maximum absolute atomic E-state index is 14.0. The molecule has 1 atom stereocenters. The lowest BCUT2D eigenvalue weighted by atomic mass is 9.84. The van der Waals surface area contributed by atoms with Gasteiger partial charge in [-0.1, -0.05) is 25.1 Å². The van der Waals surface area contributed by atoms with Crippen LogP contribution in [-0.2, 0) is 0 Å². The molecule has 0 saturated carbocycles. The summed E-state index contributed by atoms with van der Waals surface area (Å²) in [4.78, 5) is 4.74. The summed E-state index contributed by atoms with van der Waals surface area (Å²) in [6.45, 7) is 8.13. The quantitative estimate of drug-likeness (QED) is 0.906. The molecule has 4 heteroatoms. The molecule has 0 spiro atoms. The van der Waals surface area contributed by atoms with Crippen molar-refractivity contribution in [2.75, 3.05) is 33.2 Å². The smallest absolute Gasteiger partial charge is 0.127 e. The summed E-state index contributed by atoms with van der Waals surface area (Å²) < 4.78 is 14.0. The molecule has 0 radical (unpaired) electrons. The van der Waals surface area contributed by atoms with Crippen LogP contribution in [0.2, 0.25) is 0 Å². The van der Waals surface area contributed by atoms with E-state index in [1.54, 1.807) is 6.07 Å². The monoisotopic (exact) mass is 293 g/mol. The Labute approximate surface area is 127 Å². The molecule has 0 amide bonds. The maximum Gasteiger partial charge on any atom is 0.127 e. The van der Waals surface area contributed by atoms with Gasteiger partial charge in [0.1, 0.15) is 5.82 Å². The highest BCUT2D eigenvalue weighted by Gasteiger charge is 2.39. The zero-order valence-electron chi connectivity index (χ0n) is 13.5. The van der Waals surface area contributed by atoms with Crippen molar-refractivity contribution in [2.24, 2.45) is 5.73 Å². The van der Waals surface area contributed by atoms with Crippen molar-refractivity contribution in [3.63, 3.8) is 0 Å². The van der Waals surface area contributed by atoms with Crippen molar-refractivity contribution in [1.82, 2.24) is 9.80 Å². The molecule has 3 nitrogen and oxygen atoms in total. The van der Waals surface area contributed by atoms with Crippen molar-refractivity contribution in [2.45, 2.75) is 38.3 Å². The fourth-order valence-corrected chi connectivity index (χ4v) is 3.42. The van der Waals surface area contributed by atoms with Gasteiger partial charge in [-0.05, 0) is 52.5 Å². The summed E-state index contributed by atoms with van der Waals surface area (Å²) in [5, 5.41) is 0. The van der Waals surface area contributed by atoms with Gasteiger partial charge in [-0.3, -0.25) is 4.90 Å². The van der Waals surface area contributed by atoms with Crippen molar-refractivity contribution in [3.05, 3.63) is 35.6 Å². The molecular formula is C17H28FN3. The molecule has 1 fully saturated rings. The minimum absolute atomic E-state index is 0.0205. The van der Waals surface area contributed by atoms with Gasteiger partial charge in [0, 0.05) is 23.7 Å². The van der Waals surface area contributed by atoms with Crippen molar-refractivity contribution >= 4 is 0 Å². The van der Waals surface area contributed by atoms with E-state index in [1.165, 1.54) is 6.07 Å². The number of piperidine rings is 1. The van der Waals surface area contributed by atoms with Gasteiger partial charge >= 0.3 is 0 Å². The molecule has 1 aromatic rings. The first-order valence-electron chi connectivity index (χ1n) is 7.94. The second-order valence-corrected chi connectivity index (χ2v) is 6.17. The average Bonchev–Trinajstić information content (AvgIpc) is 2.54. The average molecular weight is 293 g/mol. The fraction of sp³-hybridized carbons (Fsp3) is 0.647. The van der Waals surface area contributed by atoms with Gasteiger partial charge in [-0.2, -0.15) is 0 Å². The molecule has 21 heavy (non-hydrogen) atoms. The van der Waals surface area contributed by atoms with Crippen LogP contribution in [0.4, 0.5) is 4.39 Å². The third-order valence-electron chi connectivity index (χ3n) is 5.30. The van der Waals surface area contributed by atoms with Gasteiger partial charge in [-0.15, -0.1) is 0 Å². The summed E-state index contributed by atoms with van der Waals surface area (Å²) >= 11 is 0. The summed E-state index contributed by atoms with van der Waals surface area (Å²) in [5.74, 6) is -0.130.